The maximum atomic E-state index is 12.0. The highest BCUT2D eigenvalue weighted by Gasteiger charge is 2.12. The Bertz CT molecular complexity index is 677. The maximum Gasteiger partial charge on any atom is 0.222 e. The lowest BCUT2D eigenvalue weighted by Crippen LogP contribution is -2.25. The molecule has 120 valence electrons. The van der Waals surface area contributed by atoms with Gasteiger partial charge in [-0.15, -0.1) is 0 Å². The number of nitrogens with one attached hydrogen (secondary N) is 1. The van der Waals surface area contributed by atoms with Crippen LogP contribution in [0.4, 0.5) is 0 Å². The van der Waals surface area contributed by atoms with Gasteiger partial charge in [0.25, 0.3) is 0 Å². The third-order valence-electron chi connectivity index (χ3n) is 3.49. The van der Waals surface area contributed by atoms with Crippen LogP contribution in [0.25, 0.3) is 0 Å². The van der Waals surface area contributed by atoms with E-state index >= 15 is 0 Å². The number of nitrogens with zero attached hydrogens (tertiary/aromatic N) is 4. The Kier molecular flexibility index (Phi) is 5.80. The number of carbonyl (C=O) groups is 1. The number of aryl methyl sites for hydroxylation is 3. The van der Waals surface area contributed by atoms with E-state index in [0.717, 1.165) is 32.6 Å². The van der Waals surface area contributed by atoms with Crippen molar-refractivity contribution in [3.8, 4) is 0 Å². The summed E-state index contributed by atoms with van der Waals surface area (Å²) in [6.07, 6.45) is 2.14. The predicted octanol–water partition coefficient (Wildman–Crippen LogP) is 2.95. The number of hydrogen-bond donors (Lipinski definition) is 1. The van der Waals surface area contributed by atoms with Crippen molar-refractivity contribution in [3.63, 3.8) is 0 Å². The van der Waals surface area contributed by atoms with Crippen molar-refractivity contribution in [2.75, 3.05) is 0 Å². The lowest BCUT2D eigenvalue weighted by Gasteiger charge is -2.08. The van der Waals surface area contributed by atoms with Crippen molar-refractivity contribution >= 4 is 37.8 Å². The summed E-state index contributed by atoms with van der Waals surface area (Å²) in [5.41, 5.74) is 2.95. The van der Waals surface area contributed by atoms with E-state index in [1.165, 1.54) is 0 Å². The van der Waals surface area contributed by atoms with Crippen LogP contribution in [0.3, 0.4) is 0 Å². The quantitative estimate of drug-likeness (QED) is 0.763. The van der Waals surface area contributed by atoms with Gasteiger partial charge in [-0.25, -0.2) is 0 Å². The SMILES string of the molecule is CCn1ncc(Br)c1CNC(=O)CCn1nc(C)c(Br)c1C. The average molecular weight is 433 g/mol. The Balaban J connectivity index is 1.88. The minimum absolute atomic E-state index is 0.000529. The molecule has 0 radical (unpaired) electrons. The van der Waals surface area contributed by atoms with Crippen molar-refractivity contribution in [1.29, 1.82) is 0 Å². The van der Waals surface area contributed by atoms with Gasteiger partial charge in [0.1, 0.15) is 0 Å². The fourth-order valence-corrected chi connectivity index (χ4v) is 2.93. The highest BCUT2D eigenvalue weighted by atomic mass is 79.9. The second kappa shape index (κ2) is 7.41. The summed E-state index contributed by atoms with van der Waals surface area (Å²) in [6.45, 7) is 7.75. The fraction of sp³-hybridized carbons (Fsp3) is 0.500. The van der Waals surface area contributed by atoms with E-state index < -0.39 is 0 Å². The van der Waals surface area contributed by atoms with Crippen molar-refractivity contribution in [3.05, 3.63) is 32.2 Å². The van der Waals surface area contributed by atoms with Gasteiger partial charge >= 0.3 is 0 Å². The van der Waals surface area contributed by atoms with Gasteiger partial charge in [-0.1, -0.05) is 0 Å². The fourth-order valence-electron chi connectivity index (χ4n) is 2.21. The molecule has 22 heavy (non-hydrogen) atoms. The minimum atomic E-state index is -0.000529. The molecular weight excluding hydrogens is 414 g/mol. The molecule has 0 aliphatic heterocycles. The highest BCUT2D eigenvalue weighted by Crippen LogP contribution is 2.20. The zero-order valence-electron chi connectivity index (χ0n) is 12.9. The predicted molar refractivity (Wildman–Crippen MR) is 91.5 cm³/mol. The van der Waals surface area contributed by atoms with Crippen LogP contribution in [0, 0.1) is 13.8 Å². The summed E-state index contributed by atoms with van der Waals surface area (Å²) < 4.78 is 5.63. The molecule has 0 atom stereocenters. The van der Waals surface area contributed by atoms with Crippen molar-refractivity contribution in [2.24, 2.45) is 0 Å². The normalized spacial score (nSPS) is 11.0. The molecule has 1 N–H and O–H groups in total. The van der Waals surface area contributed by atoms with Crippen LogP contribution < -0.4 is 5.32 Å². The zero-order valence-corrected chi connectivity index (χ0v) is 16.0. The molecule has 8 heteroatoms. The number of aromatic nitrogens is 4. The molecule has 6 nitrogen and oxygen atoms in total. The second-order valence-electron chi connectivity index (χ2n) is 4.99. The summed E-state index contributed by atoms with van der Waals surface area (Å²) in [5.74, 6) is -0.000529. The van der Waals surface area contributed by atoms with Crippen molar-refractivity contribution in [1.82, 2.24) is 24.9 Å². The van der Waals surface area contributed by atoms with Gasteiger partial charge in [0.15, 0.2) is 0 Å². The van der Waals surface area contributed by atoms with Gasteiger partial charge < -0.3 is 5.32 Å². The van der Waals surface area contributed by atoms with E-state index in [4.69, 9.17) is 0 Å². The van der Waals surface area contributed by atoms with Gasteiger partial charge in [0, 0.05) is 18.7 Å². The Labute approximate surface area is 146 Å². The zero-order chi connectivity index (χ0) is 16.3. The van der Waals surface area contributed by atoms with Crippen molar-refractivity contribution in [2.45, 2.75) is 46.8 Å². The molecule has 0 aromatic carbocycles. The smallest absolute Gasteiger partial charge is 0.222 e. The Morgan fingerprint density at radius 2 is 2.05 bits per heavy atom. The van der Waals surface area contributed by atoms with Crippen LogP contribution in [-0.2, 0) is 24.4 Å². The molecule has 0 aliphatic rings. The maximum absolute atomic E-state index is 12.0. The molecule has 0 fully saturated rings. The molecule has 0 aliphatic carbocycles. The molecule has 0 unspecified atom stereocenters. The second-order valence-corrected chi connectivity index (χ2v) is 6.64. The van der Waals surface area contributed by atoms with E-state index in [0.29, 0.717) is 19.5 Å². The van der Waals surface area contributed by atoms with Crippen LogP contribution in [0.5, 0.6) is 0 Å². The van der Waals surface area contributed by atoms with Crippen LogP contribution in [0.1, 0.15) is 30.4 Å². The van der Waals surface area contributed by atoms with Crippen LogP contribution in [0.15, 0.2) is 15.1 Å². The highest BCUT2D eigenvalue weighted by molar-refractivity contribution is 9.10. The minimum Gasteiger partial charge on any atom is -0.350 e. The first-order valence-electron chi connectivity index (χ1n) is 7.10. The Morgan fingerprint density at radius 1 is 1.32 bits per heavy atom. The summed E-state index contributed by atoms with van der Waals surface area (Å²) in [6, 6.07) is 0. The third kappa shape index (κ3) is 3.78. The van der Waals surface area contributed by atoms with Crippen LogP contribution >= 0.6 is 31.9 Å². The molecule has 0 spiro atoms. The molecule has 0 saturated heterocycles. The van der Waals surface area contributed by atoms with E-state index in [-0.39, 0.29) is 5.91 Å². The van der Waals surface area contributed by atoms with E-state index in [1.54, 1.807) is 6.20 Å². The summed E-state index contributed by atoms with van der Waals surface area (Å²) in [4.78, 5) is 12.0. The van der Waals surface area contributed by atoms with Crippen LogP contribution in [0.2, 0.25) is 0 Å². The monoisotopic (exact) mass is 431 g/mol. The lowest BCUT2D eigenvalue weighted by molar-refractivity contribution is -0.121. The number of carbonyl (C=O) groups excluding carboxylic acids is 1. The molecular formula is C14H19Br2N5O. The summed E-state index contributed by atoms with van der Waals surface area (Å²) in [5, 5.41) is 11.6. The molecule has 0 bridgehead atoms. The van der Waals surface area contributed by atoms with Gasteiger partial charge in [-0.3, -0.25) is 14.2 Å². The molecule has 2 aromatic heterocycles. The molecule has 0 saturated carbocycles. The largest absolute Gasteiger partial charge is 0.350 e. The van der Waals surface area contributed by atoms with Gasteiger partial charge in [-0.05, 0) is 52.6 Å². The molecule has 2 aromatic rings. The molecule has 2 rings (SSSR count). The van der Waals surface area contributed by atoms with Gasteiger partial charge in [-0.2, -0.15) is 10.2 Å². The number of hydrogen-bond acceptors (Lipinski definition) is 3. The van der Waals surface area contributed by atoms with E-state index in [2.05, 4.69) is 47.4 Å². The third-order valence-corrected chi connectivity index (χ3v) is 5.30. The first kappa shape index (κ1) is 17.2. The van der Waals surface area contributed by atoms with Gasteiger partial charge in [0.05, 0.1) is 39.6 Å². The molecule has 2 heterocycles. The summed E-state index contributed by atoms with van der Waals surface area (Å²) >= 11 is 6.94. The van der Waals surface area contributed by atoms with Crippen LogP contribution in [-0.4, -0.2) is 25.5 Å². The molecule has 1 amide bonds. The number of halogens is 2. The Morgan fingerprint density at radius 3 is 2.64 bits per heavy atom. The summed E-state index contributed by atoms with van der Waals surface area (Å²) in [7, 11) is 0. The lowest BCUT2D eigenvalue weighted by atomic mass is 10.3. The van der Waals surface area contributed by atoms with E-state index in [9.17, 15) is 4.79 Å². The average Bonchev–Trinajstić information content (AvgIpc) is 2.98. The Hall–Kier alpha value is -1.15. The van der Waals surface area contributed by atoms with Gasteiger partial charge in [0.2, 0.25) is 5.91 Å². The topological polar surface area (TPSA) is 64.7 Å². The van der Waals surface area contributed by atoms with E-state index in [1.807, 2.05) is 30.1 Å². The first-order valence-corrected chi connectivity index (χ1v) is 8.69. The first-order chi connectivity index (χ1) is 10.4. The van der Waals surface area contributed by atoms with Crippen molar-refractivity contribution < 1.29 is 4.79 Å². The standard InChI is InChI=1S/C14H19Br2N5O/c1-4-20-12(11(15)7-18-20)8-17-13(22)5-6-21-10(3)14(16)9(2)19-21/h7H,4-6,8H2,1-3H3,(H,17,22). The number of rotatable bonds is 6. The number of amides is 1.